The molecule has 1 unspecified atom stereocenters. The number of nitrogens with one attached hydrogen (secondary N) is 1. The van der Waals surface area contributed by atoms with Gasteiger partial charge in [0.15, 0.2) is 11.5 Å². The molecule has 1 heterocycles. The molecule has 10 heteroatoms. The molecule has 4 rings (SSSR count). The number of amides is 2. The van der Waals surface area contributed by atoms with E-state index in [0.717, 1.165) is 28.1 Å². The molecule has 1 aliphatic heterocycles. The molecule has 9 nitrogen and oxygen atoms in total. The first-order valence-electron chi connectivity index (χ1n) is 13.3. The Kier molecular flexibility index (Phi) is 9.65. The molecule has 2 amide bonds. The predicted molar refractivity (Wildman–Crippen MR) is 154 cm³/mol. The molecule has 0 radical (unpaired) electrons. The van der Waals surface area contributed by atoms with E-state index in [1.54, 1.807) is 18.2 Å². The summed E-state index contributed by atoms with van der Waals surface area (Å²) in [6.45, 7) is 2.80. The van der Waals surface area contributed by atoms with Gasteiger partial charge in [-0.3, -0.25) is 13.9 Å². The van der Waals surface area contributed by atoms with Crippen LogP contribution in [0.15, 0.2) is 78.9 Å². The third-order valence-electron chi connectivity index (χ3n) is 6.51. The molecule has 0 spiro atoms. The molecule has 1 aliphatic rings. The molecule has 1 N–H and O–H groups in total. The third-order valence-corrected chi connectivity index (χ3v) is 7.65. The van der Waals surface area contributed by atoms with Crippen molar-refractivity contribution in [2.24, 2.45) is 0 Å². The van der Waals surface area contributed by atoms with E-state index < -0.39 is 28.5 Å². The zero-order valence-corrected chi connectivity index (χ0v) is 23.6. The van der Waals surface area contributed by atoms with Gasteiger partial charge in [-0.25, -0.2) is 8.42 Å². The maximum Gasteiger partial charge on any atom is 0.244 e. The molecule has 1 atom stereocenters. The first-order valence-corrected chi connectivity index (χ1v) is 15.1. The summed E-state index contributed by atoms with van der Waals surface area (Å²) in [6.07, 6.45) is 2.06. The molecule has 40 heavy (non-hydrogen) atoms. The van der Waals surface area contributed by atoms with Crippen molar-refractivity contribution in [3.8, 4) is 11.5 Å². The van der Waals surface area contributed by atoms with Gasteiger partial charge in [-0.2, -0.15) is 0 Å². The van der Waals surface area contributed by atoms with Crippen LogP contribution < -0.4 is 19.1 Å². The monoisotopic (exact) mass is 565 g/mol. The second-order valence-corrected chi connectivity index (χ2v) is 11.5. The van der Waals surface area contributed by atoms with E-state index in [0.29, 0.717) is 31.3 Å². The SMILES string of the molecule is CCCNC(=O)C(Cc1ccccc1)N(Cc1ccccc1)C(=O)CN(c1ccc2c(c1)OCCO2)S(C)(=O)=O. The van der Waals surface area contributed by atoms with Gasteiger partial charge in [0.1, 0.15) is 25.8 Å². The van der Waals surface area contributed by atoms with Gasteiger partial charge in [-0.15, -0.1) is 0 Å². The van der Waals surface area contributed by atoms with E-state index >= 15 is 0 Å². The van der Waals surface area contributed by atoms with Crippen molar-refractivity contribution in [1.82, 2.24) is 10.2 Å². The Morgan fingerprint density at radius 2 is 1.52 bits per heavy atom. The van der Waals surface area contributed by atoms with Gasteiger partial charge >= 0.3 is 0 Å². The van der Waals surface area contributed by atoms with Gasteiger partial charge in [0.2, 0.25) is 21.8 Å². The number of sulfonamides is 1. The van der Waals surface area contributed by atoms with Crippen LogP contribution in [-0.4, -0.2) is 63.7 Å². The van der Waals surface area contributed by atoms with Crippen molar-refractivity contribution in [2.45, 2.75) is 32.4 Å². The van der Waals surface area contributed by atoms with Crippen LogP contribution in [0.2, 0.25) is 0 Å². The minimum Gasteiger partial charge on any atom is -0.486 e. The van der Waals surface area contributed by atoms with Gasteiger partial charge in [-0.1, -0.05) is 67.6 Å². The second kappa shape index (κ2) is 13.3. The summed E-state index contributed by atoms with van der Waals surface area (Å²) >= 11 is 0. The third kappa shape index (κ3) is 7.53. The highest BCUT2D eigenvalue weighted by atomic mass is 32.2. The van der Waals surface area contributed by atoms with E-state index in [1.165, 1.54) is 4.90 Å². The molecule has 0 aliphatic carbocycles. The summed E-state index contributed by atoms with van der Waals surface area (Å²) in [5, 5.41) is 2.93. The summed E-state index contributed by atoms with van der Waals surface area (Å²) in [4.78, 5) is 29.0. The van der Waals surface area contributed by atoms with Crippen molar-refractivity contribution < 1.29 is 27.5 Å². The van der Waals surface area contributed by atoms with E-state index in [-0.39, 0.29) is 24.6 Å². The molecule has 212 valence electrons. The largest absolute Gasteiger partial charge is 0.486 e. The van der Waals surface area contributed by atoms with Gasteiger partial charge in [0.25, 0.3) is 0 Å². The highest BCUT2D eigenvalue weighted by molar-refractivity contribution is 7.92. The lowest BCUT2D eigenvalue weighted by atomic mass is 10.0. The van der Waals surface area contributed by atoms with Crippen molar-refractivity contribution >= 4 is 27.5 Å². The fraction of sp³-hybridized carbons (Fsp3) is 0.333. The Morgan fingerprint density at radius 1 is 0.900 bits per heavy atom. The van der Waals surface area contributed by atoms with Crippen LogP contribution in [0, 0.1) is 0 Å². The minimum atomic E-state index is -3.88. The number of carbonyl (C=O) groups excluding carboxylic acids is 2. The maximum atomic E-state index is 14.1. The molecule has 0 bridgehead atoms. The van der Waals surface area contributed by atoms with Crippen LogP contribution in [0.3, 0.4) is 0 Å². The van der Waals surface area contributed by atoms with E-state index in [9.17, 15) is 18.0 Å². The number of ether oxygens (including phenoxy) is 2. The summed E-state index contributed by atoms with van der Waals surface area (Å²) in [5.74, 6) is 0.125. The first-order chi connectivity index (χ1) is 19.3. The molecular weight excluding hydrogens is 530 g/mol. The fourth-order valence-electron chi connectivity index (χ4n) is 4.50. The van der Waals surface area contributed by atoms with Crippen molar-refractivity contribution in [3.63, 3.8) is 0 Å². The molecule has 3 aromatic carbocycles. The Hall–Kier alpha value is -4.05. The number of anilines is 1. The number of rotatable bonds is 12. The molecule has 0 aromatic heterocycles. The lowest BCUT2D eigenvalue weighted by Crippen LogP contribution is -2.53. The summed E-state index contributed by atoms with van der Waals surface area (Å²) in [7, 11) is -3.88. The fourth-order valence-corrected chi connectivity index (χ4v) is 5.34. The van der Waals surface area contributed by atoms with Crippen molar-refractivity contribution in [3.05, 3.63) is 90.0 Å². The van der Waals surface area contributed by atoms with Crippen LogP contribution in [0.25, 0.3) is 0 Å². The van der Waals surface area contributed by atoms with Crippen LogP contribution in [-0.2, 0) is 32.6 Å². The summed E-state index contributed by atoms with van der Waals surface area (Å²) in [6, 6.07) is 22.7. The molecule has 3 aromatic rings. The Balaban J connectivity index is 1.70. The number of benzene rings is 3. The minimum absolute atomic E-state index is 0.134. The van der Waals surface area contributed by atoms with Crippen molar-refractivity contribution in [1.29, 1.82) is 0 Å². The van der Waals surface area contributed by atoms with Gasteiger partial charge < -0.3 is 19.7 Å². The number of hydrogen-bond acceptors (Lipinski definition) is 6. The van der Waals surface area contributed by atoms with Crippen LogP contribution in [0.1, 0.15) is 24.5 Å². The Labute approximate surface area is 235 Å². The van der Waals surface area contributed by atoms with Gasteiger partial charge in [0, 0.05) is 25.6 Å². The average Bonchev–Trinajstić information content (AvgIpc) is 2.96. The number of carbonyl (C=O) groups is 2. The van der Waals surface area contributed by atoms with Crippen LogP contribution in [0.4, 0.5) is 5.69 Å². The summed E-state index contributed by atoms with van der Waals surface area (Å²) < 4.78 is 38.2. The lowest BCUT2D eigenvalue weighted by molar-refractivity contribution is -0.140. The quantitative estimate of drug-likeness (QED) is 0.361. The zero-order valence-electron chi connectivity index (χ0n) is 22.8. The predicted octanol–water partition coefficient (Wildman–Crippen LogP) is 3.39. The topological polar surface area (TPSA) is 105 Å². The van der Waals surface area contributed by atoms with E-state index in [1.807, 2.05) is 67.6 Å². The second-order valence-electron chi connectivity index (χ2n) is 9.60. The molecular formula is C30H35N3O6S. The van der Waals surface area contributed by atoms with E-state index in [2.05, 4.69) is 5.32 Å². The van der Waals surface area contributed by atoms with Crippen LogP contribution >= 0.6 is 0 Å². The average molecular weight is 566 g/mol. The van der Waals surface area contributed by atoms with Crippen molar-refractivity contribution in [2.75, 3.05) is 36.9 Å². The molecule has 0 saturated heterocycles. The van der Waals surface area contributed by atoms with Crippen LogP contribution in [0.5, 0.6) is 11.5 Å². The molecule has 0 fully saturated rings. The Bertz CT molecular complexity index is 1400. The number of hydrogen-bond donors (Lipinski definition) is 1. The standard InChI is InChI=1S/C30H35N3O6S/c1-3-16-31-30(35)26(19-23-10-6-4-7-11-23)32(21-24-12-8-5-9-13-24)29(34)22-33(40(2,36)37)25-14-15-27-28(20-25)39-18-17-38-27/h4-15,20,26H,3,16-19,21-22H2,1-2H3,(H,31,35). The lowest BCUT2D eigenvalue weighted by Gasteiger charge is -2.33. The maximum absolute atomic E-state index is 14.1. The first kappa shape index (κ1) is 28.9. The highest BCUT2D eigenvalue weighted by Crippen LogP contribution is 2.34. The highest BCUT2D eigenvalue weighted by Gasteiger charge is 2.33. The number of nitrogens with zero attached hydrogens (tertiary/aromatic N) is 2. The Morgan fingerprint density at radius 3 is 2.15 bits per heavy atom. The normalized spacial score (nSPS) is 13.2. The molecule has 0 saturated carbocycles. The number of fused-ring (bicyclic) bond motifs is 1. The van der Waals surface area contributed by atoms with E-state index in [4.69, 9.17) is 9.47 Å². The smallest absolute Gasteiger partial charge is 0.244 e. The van der Waals surface area contributed by atoms with Gasteiger partial charge in [-0.05, 0) is 29.7 Å². The zero-order chi connectivity index (χ0) is 28.5. The van der Waals surface area contributed by atoms with Gasteiger partial charge in [0.05, 0.1) is 11.9 Å². The summed E-state index contributed by atoms with van der Waals surface area (Å²) in [5.41, 5.74) is 1.98.